The van der Waals surface area contributed by atoms with E-state index in [2.05, 4.69) is 134 Å². The van der Waals surface area contributed by atoms with Crippen LogP contribution in [0.3, 0.4) is 0 Å². The van der Waals surface area contributed by atoms with Crippen molar-refractivity contribution in [3.05, 3.63) is 173 Å². The van der Waals surface area contributed by atoms with Gasteiger partial charge in [0.2, 0.25) is 0 Å². The predicted octanol–water partition coefficient (Wildman–Crippen LogP) is 5.15. The summed E-state index contributed by atoms with van der Waals surface area (Å²) in [5, 5.41) is 0. The fourth-order valence-corrected chi connectivity index (χ4v) is 5.94. The van der Waals surface area contributed by atoms with E-state index in [0.717, 1.165) is 12.0 Å². The third-order valence-corrected chi connectivity index (χ3v) is 9.37. The van der Waals surface area contributed by atoms with Crippen molar-refractivity contribution in [3.63, 3.8) is 0 Å². The second-order valence-corrected chi connectivity index (χ2v) is 14.5. The van der Waals surface area contributed by atoms with E-state index in [0.29, 0.717) is 0 Å². The Balaban J connectivity index is 0.000000272. The van der Waals surface area contributed by atoms with Gasteiger partial charge in [-0.1, -0.05) is 42.0 Å². The monoisotopic (exact) mass is 720 g/mol. The molecule has 5 aromatic carbocycles. The first-order valence-corrected chi connectivity index (χ1v) is 16.5. The Morgan fingerprint density at radius 2 is 1.17 bits per heavy atom. The van der Waals surface area contributed by atoms with Crippen molar-refractivity contribution >= 4 is 15.4 Å². The minimum atomic E-state index is 0. The summed E-state index contributed by atoms with van der Waals surface area (Å²) in [6.45, 7) is 21.2. The minimum Gasteiger partial charge on any atom is -1.00 e. The van der Waals surface area contributed by atoms with E-state index in [1.165, 1.54) is 77.5 Å². The van der Waals surface area contributed by atoms with Crippen molar-refractivity contribution in [2.45, 2.75) is 58.8 Å². The third kappa shape index (κ3) is 10.3. The molecule has 0 radical (unpaired) electrons. The molecular formula is C43H44Cl2Zr-2. The Labute approximate surface area is 305 Å². The number of hydrogen-bond donors (Lipinski definition) is 0. The molecule has 0 spiro atoms. The first kappa shape index (κ1) is 39.2. The summed E-state index contributed by atoms with van der Waals surface area (Å²) in [5.74, 6) is 0. The molecule has 0 saturated carbocycles. The summed E-state index contributed by atoms with van der Waals surface area (Å²) in [7, 11) is 0. The van der Waals surface area contributed by atoms with E-state index < -0.39 is 0 Å². The third-order valence-electron chi connectivity index (χ3n) is 7.95. The Bertz CT molecular complexity index is 1580. The van der Waals surface area contributed by atoms with Crippen molar-refractivity contribution in [1.29, 1.82) is 0 Å². The maximum Gasteiger partial charge on any atom is -0.172 e. The molecule has 0 heterocycles. The molecule has 1 aliphatic carbocycles. The van der Waals surface area contributed by atoms with Gasteiger partial charge in [0.25, 0.3) is 0 Å². The topological polar surface area (TPSA) is 0 Å². The van der Waals surface area contributed by atoms with Crippen LogP contribution in [0.2, 0.25) is 0 Å². The number of benzene rings is 4. The van der Waals surface area contributed by atoms with E-state index in [-0.39, 0.29) is 35.6 Å². The van der Waals surface area contributed by atoms with Gasteiger partial charge in [0, 0.05) is 0 Å². The molecule has 3 heteroatoms. The van der Waals surface area contributed by atoms with Crippen LogP contribution in [0.4, 0.5) is 0 Å². The number of fused-ring (bicyclic) bond motifs is 3. The zero-order valence-corrected chi connectivity index (χ0v) is 31.9. The molecule has 0 fully saturated rings. The molecule has 0 bridgehead atoms. The average Bonchev–Trinajstić information content (AvgIpc) is 3.72. The molecule has 0 N–H and O–H groups in total. The Kier molecular flexibility index (Phi) is 14.7. The molecule has 236 valence electrons. The fourth-order valence-electron chi connectivity index (χ4n) is 5.13. The van der Waals surface area contributed by atoms with Crippen LogP contribution in [0.1, 0.15) is 86.1 Å². The first-order chi connectivity index (χ1) is 20.9. The van der Waals surface area contributed by atoms with Gasteiger partial charge in [-0.2, -0.15) is 42.0 Å². The van der Waals surface area contributed by atoms with Gasteiger partial charge in [-0.15, -0.1) is 23.8 Å². The van der Waals surface area contributed by atoms with E-state index in [4.69, 9.17) is 0 Å². The summed E-state index contributed by atoms with van der Waals surface area (Å²) in [6, 6.07) is 42.2. The van der Waals surface area contributed by atoms with Crippen LogP contribution < -0.4 is 24.8 Å². The van der Waals surface area contributed by atoms with Crippen LogP contribution >= 0.6 is 0 Å². The number of hydrogen-bond acceptors (Lipinski definition) is 0. The van der Waals surface area contributed by atoms with E-state index in [1.807, 2.05) is 48.6 Å². The predicted molar refractivity (Wildman–Crippen MR) is 189 cm³/mol. The van der Waals surface area contributed by atoms with Crippen molar-refractivity contribution in [1.82, 2.24) is 0 Å². The van der Waals surface area contributed by atoms with Crippen LogP contribution in [-0.2, 0) is 41.5 Å². The number of halogens is 2. The summed E-state index contributed by atoms with van der Waals surface area (Å²) in [5.41, 5.74) is 13.5. The van der Waals surface area contributed by atoms with Crippen molar-refractivity contribution in [2.75, 3.05) is 0 Å². The fraction of sp³-hybridized carbons (Fsp3) is 0.209. The number of rotatable bonds is 4. The molecule has 0 aromatic heterocycles. The maximum atomic E-state index is 3.82. The summed E-state index contributed by atoms with van der Waals surface area (Å²) in [6.07, 6.45) is 4.74. The average molecular weight is 723 g/mol. The van der Waals surface area contributed by atoms with Crippen LogP contribution in [0.5, 0.6) is 0 Å². The van der Waals surface area contributed by atoms with Gasteiger partial charge in [0.05, 0.1) is 0 Å². The molecule has 5 aromatic rings. The smallest absolute Gasteiger partial charge is 0.172 e. The molecule has 46 heavy (non-hydrogen) atoms. The normalized spacial score (nSPS) is 11.1. The van der Waals surface area contributed by atoms with Crippen molar-refractivity contribution in [3.8, 4) is 11.1 Å². The van der Waals surface area contributed by atoms with E-state index in [1.54, 1.807) is 0 Å². The van der Waals surface area contributed by atoms with Crippen LogP contribution in [0, 0.1) is 6.07 Å². The van der Waals surface area contributed by atoms with Crippen LogP contribution in [-0.4, -0.2) is 3.21 Å². The minimum absolute atomic E-state index is 0. The Morgan fingerprint density at radius 3 is 1.59 bits per heavy atom. The standard InChI is InChI=1S/C21H26.C17H13.C5H5.2ClH.Zr/c1-20(2,3)18-11-7-16(8-12-18)15-17-9-13-19(14-10-17)21(4,5)6;1-3-12-5-7-14-11-15-8-6-13(4-2)10-17(15)16(14)9-12;1-2-4-5-3-1;;;/h7-14H,1-6H3;3-7,9-10H,1-2,11H2;1-5H;2*1H;/q;2*-1;;;+2/p-2. The van der Waals surface area contributed by atoms with Gasteiger partial charge < -0.3 is 24.8 Å². The SMILES string of the molecule is C=Cc1c[c-]c2c(c1)-c1cc(C=C)ccc1C2.CC(C)(C)c1ccc([C](=[Zr+2])c2ccc(C(C)(C)C)cc2)cc1.[Cl-].[Cl-].c1cc[cH-]c1. The maximum absolute atomic E-state index is 3.82. The van der Waals surface area contributed by atoms with E-state index >= 15 is 0 Å². The van der Waals surface area contributed by atoms with Gasteiger partial charge in [0.15, 0.2) is 0 Å². The first-order valence-electron chi connectivity index (χ1n) is 15.3. The van der Waals surface area contributed by atoms with Gasteiger partial charge in [-0.25, -0.2) is 12.1 Å². The molecule has 0 aliphatic heterocycles. The molecule has 0 unspecified atom stereocenters. The van der Waals surface area contributed by atoms with E-state index in [9.17, 15) is 0 Å². The van der Waals surface area contributed by atoms with Gasteiger partial charge >= 0.3 is 151 Å². The quantitative estimate of drug-likeness (QED) is 0.221. The van der Waals surface area contributed by atoms with Gasteiger partial charge in [-0.3, -0.25) is 0 Å². The molecule has 1 aliphatic rings. The Morgan fingerprint density at radius 1 is 0.696 bits per heavy atom. The van der Waals surface area contributed by atoms with Crippen LogP contribution in [0.25, 0.3) is 23.3 Å². The van der Waals surface area contributed by atoms with Gasteiger partial charge in [-0.05, 0) is 12.0 Å². The summed E-state index contributed by atoms with van der Waals surface area (Å²) >= 11 is 1.46. The summed E-state index contributed by atoms with van der Waals surface area (Å²) in [4.78, 5) is 0. The van der Waals surface area contributed by atoms with Crippen molar-refractivity contribution in [2.24, 2.45) is 0 Å². The molecule has 6 rings (SSSR count). The molecule has 0 atom stereocenters. The summed E-state index contributed by atoms with van der Waals surface area (Å²) < 4.78 is 1.42. The molecule has 0 nitrogen and oxygen atoms in total. The molecule has 0 saturated heterocycles. The zero-order chi connectivity index (χ0) is 31.9. The Hall–Kier alpha value is -2.96. The zero-order valence-electron chi connectivity index (χ0n) is 27.9. The van der Waals surface area contributed by atoms with Crippen molar-refractivity contribution < 1.29 is 49.0 Å². The second-order valence-electron chi connectivity index (χ2n) is 13.3. The molecular weight excluding hydrogens is 679 g/mol. The molecule has 0 amide bonds. The largest absolute Gasteiger partial charge is 1.00 e. The second kappa shape index (κ2) is 17.3. The van der Waals surface area contributed by atoms with Gasteiger partial charge in [0.1, 0.15) is 0 Å². The van der Waals surface area contributed by atoms with Crippen LogP contribution in [0.15, 0.2) is 122 Å².